The molecule has 124 valence electrons. The highest BCUT2D eigenvalue weighted by atomic mass is 19.1. The summed E-state index contributed by atoms with van der Waals surface area (Å²) in [6.45, 7) is 2.03. The molecule has 0 amide bonds. The summed E-state index contributed by atoms with van der Waals surface area (Å²) < 4.78 is 42.5. The molecule has 1 atom stereocenters. The van der Waals surface area contributed by atoms with E-state index in [9.17, 15) is 13.2 Å². The lowest BCUT2D eigenvalue weighted by molar-refractivity contribution is 0.517. The van der Waals surface area contributed by atoms with Gasteiger partial charge in [-0.2, -0.15) is 5.10 Å². The molecule has 0 saturated heterocycles. The lowest BCUT2D eigenvalue weighted by Crippen LogP contribution is -2.19. The Morgan fingerprint density at radius 1 is 1.08 bits per heavy atom. The van der Waals surface area contributed by atoms with E-state index in [2.05, 4.69) is 15.4 Å². The zero-order valence-electron chi connectivity index (χ0n) is 12.9. The third-order valence-corrected chi connectivity index (χ3v) is 3.71. The molecule has 0 radical (unpaired) electrons. The first-order chi connectivity index (χ1) is 11.5. The predicted molar refractivity (Wildman–Crippen MR) is 82.9 cm³/mol. The van der Waals surface area contributed by atoms with E-state index in [1.165, 1.54) is 23.4 Å². The van der Waals surface area contributed by atoms with Crippen LogP contribution in [0.3, 0.4) is 0 Å². The standard InChI is InChI=1S/C17H15F3N4/c1-11(14-7-13(18)3-4-15(14)19)22-8-12-2-5-17(16(20)6-12)24-10-21-9-23-24/h2-7,9-11,22H,8H2,1H3/t11-/m0/s1. The second-order valence-electron chi connectivity index (χ2n) is 5.39. The van der Waals surface area contributed by atoms with Crippen molar-refractivity contribution in [3.63, 3.8) is 0 Å². The van der Waals surface area contributed by atoms with Gasteiger partial charge in [0.2, 0.25) is 0 Å². The molecule has 0 fully saturated rings. The van der Waals surface area contributed by atoms with Gasteiger partial charge in [-0.15, -0.1) is 0 Å². The number of halogens is 3. The maximum atomic E-state index is 14.2. The van der Waals surface area contributed by atoms with E-state index >= 15 is 0 Å². The highest BCUT2D eigenvalue weighted by molar-refractivity contribution is 5.35. The number of rotatable bonds is 5. The van der Waals surface area contributed by atoms with E-state index in [1.54, 1.807) is 19.1 Å². The van der Waals surface area contributed by atoms with Crippen LogP contribution in [-0.4, -0.2) is 14.8 Å². The molecule has 2 aromatic carbocycles. The van der Waals surface area contributed by atoms with Gasteiger partial charge in [-0.3, -0.25) is 0 Å². The molecule has 0 spiro atoms. The molecule has 1 N–H and O–H groups in total. The topological polar surface area (TPSA) is 42.7 Å². The number of benzene rings is 2. The van der Waals surface area contributed by atoms with Crippen LogP contribution in [0.25, 0.3) is 5.69 Å². The van der Waals surface area contributed by atoms with Crippen molar-refractivity contribution in [1.29, 1.82) is 0 Å². The number of hydrogen-bond donors (Lipinski definition) is 1. The van der Waals surface area contributed by atoms with Gasteiger partial charge in [0.1, 0.15) is 35.8 Å². The molecule has 0 saturated carbocycles. The summed E-state index contributed by atoms with van der Waals surface area (Å²) in [6.07, 6.45) is 2.73. The van der Waals surface area contributed by atoms with E-state index in [-0.39, 0.29) is 5.56 Å². The summed E-state index contributed by atoms with van der Waals surface area (Å²) in [4.78, 5) is 3.78. The van der Waals surface area contributed by atoms with E-state index in [4.69, 9.17) is 0 Å². The monoisotopic (exact) mass is 332 g/mol. The Kier molecular flexibility index (Phi) is 4.61. The van der Waals surface area contributed by atoms with E-state index in [1.807, 2.05) is 0 Å². The van der Waals surface area contributed by atoms with Crippen LogP contribution in [0, 0.1) is 17.5 Å². The van der Waals surface area contributed by atoms with Gasteiger partial charge in [-0.1, -0.05) is 6.07 Å². The second kappa shape index (κ2) is 6.84. The van der Waals surface area contributed by atoms with E-state index in [0.29, 0.717) is 17.8 Å². The van der Waals surface area contributed by atoms with Crippen LogP contribution < -0.4 is 5.32 Å². The first-order valence-electron chi connectivity index (χ1n) is 7.36. The average molecular weight is 332 g/mol. The van der Waals surface area contributed by atoms with Gasteiger partial charge in [0.15, 0.2) is 0 Å². The number of aromatic nitrogens is 3. The normalized spacial score (nSPS) is 12.3. The van der Waals surface area contributed by atoms with E-state index < -0.39 is 23.5 Å². The summed E-state index contributed by atoms with van der Waals surface area (Å²) in [6, 6.07) is 7.61. The lowest BCUT2D eigenvalue weighted by atomic mass is 10.1. The summed E-state index contributed by atoms with van der Waals surface area (Å²) >= 11 is 0. The SMILES string of the molecule is C[C@H](NCc1ccc(-n2cncn2)c(F)c1)c1cc(F)ccc1F. The molecule has 0 aliphatic carbocycles. The molecule has 3 aromatic rings. The first kappa shape index (κ1) is 16.2. The highest BCUT2D eigenvalue weighted by Gasteiger charge is 2.12. The summed E-state index contributed by atoms with van der Waals surface area (Å²) in [7, 11) is 0. The quantitative estimate of drug-likeness (QED) is 0.777. The minimum absolute atomic E-state index is 0.231. The Bertz CT molecular complexity index is 834. The molecule has 24 heavy (non-hydrogen) atoms. The smallest absolute Gasteiger partial charge is 0.149 e. The number of hydrogen-bond acceptors (Lipinski definition) is 3. The molecule has 0 unspecified atom stereocenters. The summed E-state index contributed by atoms with van der Waals surface area (Å²) in [5, 5.41) is 6.94. The molecular formula is C17H15F3N4. The summed E-state index contributed by atoms with van der Waals surface area (Å²) in [5.74, 6) is -1.42. The summed E-state index contributed by atoms with van der Waals surface area (Å²) in [5.41, 5.74) is 1.20. The Morgan fingerprint density at radius 2 is 1.92 bits per heavy atom. The fourth-order valence-corrected chi connectivity index (χ4v) is 2.41. The number of nitrogens with zero attached hydrogens (tertiary/aromatic N) is 3. The van der Waals surface area contributed by atoms with Gasteiger partial charge in [-0.05, 0) is 42.8 Å². The second-order valence-corrected chi connectivity index (χ2v) is 5.39. The molecule has 7 heteroatoms. The fraction of sp³-hybridized carbons (Fsp3) is 0.176. The maximum absolute atomic E-state index is 14.2. The van der Waals surface area contributed by atoms with Gasteiger partial charge in [-0.25, -0.2) is 22.8 Å². The van der Waals surface area contributed by atoms with Crippen LogP contribution in [0.4, 0.5) is 13.2 Å². The van der Waals surface area contributed by atoms with Crippen molar-refractivity contribution in [2.75, 3.05) is 0 Å². The Morgan fingerprint density at radius 3 is 2.62 bits per heavy atom. The molecule has 3 rings (SSSR count). The number of nitrogens with one attached hydrogen (secondary N) is 1. The van der Waals surface area contributed by atoms with Crippen LogP contribution in [0.1, 0.15) is 24.1 Å². The van der Waals surface area contributed by atoms with Crippen LogP contribution in [-0.2, 0) is 6.54 Å². The van der Waals surface area contributed by atoms with Crippen molar-refractivity contribution in [2.24, 2.45) is 0 Å². The highest BCUT2D eigenvalue weighted by Crippen LogP contribution is 2.19. The molecule has 1 heterocycles. The van der Waals surface area contributed by atoms with Gasteiger partial charge < -0.3 is 5.32 Å². The van der Waals surface area contributed by atoms with Crippen molar-refractivity contribution in [3.05, 3.63) is 77.6 Å². The maximum Gasteiger partial charge on any atom is 0.149 e. The van der Waals surface area contributed by atoms with E-state index in [0.717, 1.165) is 18.2 Å². The molecule has 0 bridgehead atoms. The fourth-order valence-electron chi connectivity index (χ4n) is 2.41. The Labute approximate surface area is 137 Å². The molecule has 1 aromatic heterocycles. The van der Waals surface area contributed by atoms with Gasteiger partial charge in [0.25, 0.3) is 0 Å². The molecular weight excluding hydrogens is 317 g/mol. The lowest BCUT2D eigenvalue weighted by Gasteiger charge is -2.15. The molecule has 0 aliphatic rings. The van der Waals surface area contributed by atoms with Gasteiger partial charge in [0.05, 0.1) is 0 Å². The Hall–Kier alpha value is -2.67. The Balaban J connectivity index is 1.70. The van der Waals surface area contributed by atoms with Crippen molar-refractivity contribution in [2.45, 2.75) is 19.5 Å². The minimum Gasteiger partial charge on any atom is -0.306 e. The zero-order valence-corrected chi connectivity index (χ0v) is 12.9. The van der Waals surface area contributed by atoms with Crippen LogP contribution >= 0.6 is 0 Å². The zero-order chi connectivity index (χ0) is 17.1. The third kappa shape index (κ3) is 3.46. The van der Waals surface area contributed by atoms with Crippen LogP contribution in [0.5, 0.6) is 0 Å². The van der Waals surface area contributed by atoms with Gasteiger partial charge >= 0.3 is 0 Å². The van der Waals surface area contributed by atoms with Crippen LogP contribution in [0.15, 0.2) is 49.1 Å². The molecule has 4 nitrogen and oxygen atoms in total. The third-order valence-electron chi connectivity index (χ3n) is 3.71. The average Bonchev–Trinajstić information content (AvgIpc) is 3.09. The predicted octanol–water partition coefficient (Wildman–Crippen LogP) is 3.54. The largest absolute Gasteiger partial charge is 0.306 e. The van der Waals surface area contributed by atoms with Crippen molar-refractivity contribution >= 4 is 0 Å². The van der Waals surface area contributed by atoms with Gasteiger partial charge in [0, 0.05) is 18.2 Å². The van der Waals surface area contributed by atoms with Crippen molar-refractivity contribution < 1.29 is 13.2 Å². The molecule has 0 aliphatic heterocycles. The van der Waals surface area contributed by atoms with Crippen molar-refractivity contribution in [1.82, 2.24) is 20.1 Å². The first-order valence-corrected chi connectivity index (χ1v) is 7.36. The van der Waals surface area contributed by atoms with Crippen molar-refractivity contribution in [3.8, 4) is 5.69 Å². The van der Waals surface area contributed by atoms with Crippen LogP contribution in [0.2, 0.25) is 0 Å². The minimum atomic E-state index is -0.497.